The predicted molar refractivity (Wildman–Crippen MR) is 47.8 cm³/mol. The normalized spacial score (nSPS) is 10.6. The monoisotopic (exact) mass is 175 g/mol. The molecule has 0 fully saturated rings. The molecule has 0 aromatic rings. The van der Waals surface area contributed by atoms with Crippen molar-refractivity contribution in [2.24, 2.45) is 5.73 Å². The number of nitrogens with two attached hydrogens (primary N) is 1. The summed E-state index contributed by atoms with van der Waals surface area (Å²) in [4.78, 5) is 9.97. The molecule has 0 bridgehead atoms. The predicted octanol–water partition coefficient (Wildman–Crippen LogP) is 0.709. The lowest BCUT2D eigenvalue weighted by Crippen LogP contribution is -1.99. The van der Waals surface area contributed by atoms with E-state index in [1.807, 2.05) is 0 Å². The van der Waals surface area contributed by atoms with Crippen molar-refractivity contribution in [2.75, 3.05) is 18.1 Å². The fraction of sp³-hybridized carbons (Fsp3) is 0.571. The van der Waals surface area contributed by atoms with Gasteiger partial charge in [-0.05, 0) is 18.7 Å². The summed E-state index contributed by atoms with van der Waals surface area (Å²) in [7, 11) is 0. The number of carbonyl (C=O) groups is 1. The molecule has 0 saturated heterocycles. The van der Waals surface area contributed by atoms with Gasteiger partial charge in [0, 0.05) is 11.8 Å². The second-order valence-corrected chi connectivity index (χ2v) is 3.11. The largest absolute Gasteiger partial charge is 0.478 e. The zero-order valence-corrected chi connectivity index (χ0v) is 7.14. The van der Waals surface area contributed by atoms with E-state index in [9.17, 15) is 4.79 Å². The Morgan fingerprint density at radius 2 is 2.36 bits per heavy atom. The van der Waals surface area contributed by atoms with E-state index in [4.69, 9.17) is 10.8 Å². The van der Waals surface area contributed by atoms with Crippen LogP contribution in [0.15, 0.2) is 12.2 Å². The second-order valence-electron chi connectivity index (χ2n) is 1.96. The van der Waals surface area contributed by atoms with Crippen LogP contribution in [0.5, 0.6) is 0 Å². The average molecular weight is 175 g/mol. The molecule has 3 N–H and O–H groups in total. The molecule has 0 aromatic heterocycles. The van der Waals surface area contributed by atoms with Gasteiger partial charge in [-0.15, -0.1) is 0 Å². The highest BCUT2D eigenvalue weighted by molar-refractivity contribution is 7.99. The van der Waals surface area contributed by atoms with Crippen molar-refractivity contribution in [1.29, 1.82) is 0 Å². The third kappa shape index (κ3) is 9.52. The molecule has 0 atom stereocenters. The highest BCUT2D eigenvalue weighted by Crippen LogP contribution is 2.01. The summed E-state index contributed by atoms with van der Waals surface area (Å²) in [5, 5.41) is 8.20. The molecule has 64 valence electrons. The lowest BCUT2D eigenvalue weighted by atomic mass is 10.5. The van der Waals surface area contributed by atoms with Gasteiger partial charge in [0.15, 0.2) is 0 Å². The summed E-state index contributed by atoms with van der Waals surface area (Å²) in [6.07, 6.45) is 3.80. The van der Waals surface area contributed by atoms with Crippen molar-refractivity contribution in [3.8, 4) is 0 Å². The van der Waals surface area contributed by atoms with Gasteiger partial charge in [-0.1, -0.05) is 6.08 Å². The Morgan fingerprint density at radius 3 is 2.91 bits per heavy atom. The smallest absolute Gasteiger partial charge is 0.328 e. The van der Waals surface area contributed by atoms with Crippen LogP contribution in [0, 0.1) is 0 Å². The molecule has 0 aliphatic rings. The summed E-state index contributed by atoms with van der Waals surface area (Å²) in [5.74, 6) is 0.872. The maximum Gasteiger partial charge on any atom is 0.328 e. The summed E-state index contributed by atoms with van der Waals surface area (Å²) >= 11 is 1.69. The van der Waals surface area contributed by atoms with E-state index in [0.717, 1.165) is 24.0 Å². The van der Waals surface area contributed by atoms with Gasteiger partial charge in [-0.2, -0.15) is 11.8 Å². The molecule has 0 saturated carbocycles. The zero-order valence-electron chi connectivity index (χ0n) is 6.32. The first-order chi connectivity index (χ1) is 5.27. The minimum absolute atomic E-state index is 0.704. The van der Waals surface area contributed by atoms with E-state index < -0.39 is 5.97 Å². The quantitative estimate of drug-likeness (QED) is 0.461. The molecular weight excluding hydrogens is 162 g/mol. The van der Waals surface area contributed by atoms with Gasteiger partial charge >= 0.3 is 5.97 Å². The van der Waals surface area contributed by atoms with Crippen molar-refractivity contribution in [2.45, 2.75) is 6.42 Å². The fourth-order valence-corrected chi connectivity index (χ4v) is 1.26. The Kier molecular flexibility index (Phi) is 7.29. The van der Waals surface area contributed by atoms with Crippen LogP contribution >= 0.6 is 11.8 Å². The highest BCUT2D eigenvalue weighted by Gasteiger charge is 1.86. The van der Waals surface area contributed by atoms with Crippen LogP contribution in [0.25, 0.3) is 0 Å². The second kappa shape index (κ2) is 7.63. The standard InChI is InChI=1S/C7H13NO2S/c8-4-2-6-11-5-1-3-7(9)10/h1,3H,2,4-6,8H2,(H,9,10)/b3-1+. The number of carboxylic acids is 1. The van der Waals surface area contributed by atoms with Crippen LogP contribution < -0.4 is 5.73 Å². The topological polar surface area (TPSA) is 63.3 Å². The van der Waals surface area contributed by atoms with E-state index >= 15 is 0 Å². The number of thioether (sulfide) groups is 1. The van der Waals surface area contributed by atoms with Gasteiger partial charge in [0.05, 0.1) is 0 Å². The molecule has 0 amide bonds. The average Bonchev–Trinajstić information content (AvgIpc) is 1.96. The third-order valence-corrected chi connectivity index (χ3v) is 1.97. The molecule has 0 aliphatic heterocycles. The first-order valence-corrected chi connectivity index (χ1v) is 4.60. The van der Waals surface area contributed by atoms with Crippen molar-refractivity contribution in [1.82, 2.24) is 0 Å². The molecule has 11 heavy (non-hydrogen) atoms. The molecule has 4 heteroatoms. The van der Waals surface area contributed by atoms with E-state index in [0.29, 0.717) is 6.54 Å². The molecule has 0 heterocycles. The van der Waals surface area contributed by atoms with Crippen LogP contribution in [-0.2, 0) is 4.79 Å². The van der Waals surface area contributed by atoms with E-state index in [-0.39, 0.29) is 0 Å². The maximum absolute atomic E-state index is 9.97. The van der Waals surface area contributed by atoms with Crippen LogP contribution in [-0.4, -0.2) is 29.1 Å². The SMILES string of the molecule is NCCCSC/C=C/C(=O)O. The van der Waals surface area contributed by atoms with Crippen LogP contribution in [0.1, 0.15) is 6.42 Å². The van der Waals surface area contributed by atoms with Gasteiger partial charge < -0.3 is 10.8 Å². The third-order valence-electron chi connectivity index (χ3n) is 0.967. The van der Waals surface area contributed by atoms with E-state index in [1.165, 1.54) is 0 Å². The summed E-state index contributed by atoms with van der Waals surface area (Å²) in [6.45, 7) is 0.704. The fourth-order valence-electron chi connectivity index (χ4n) is 0.486. The summed E-state index contributed by atoms with van der Waals surface area (Å²) in [6, 6.07) is 0. The van der Waals surface area contributed by atoms with Crippen LogP contribution in [0.4, 0.5) is 0 Å². The lowest BCUT2D eigenvalue weighted by molar-refractivity contribution is -0.131. The van der Waals surface area contributed by atoms with Crippen molar-refractivity contribution in [3.05, 3.63) is 12.2 Å². The molecule has 0 aliphatic carbocycles. The Balaban J connectivity index is 3.07. The number of hydrogen-bond acceptors (Lipinski definition) is 3. The van der Waals surface area contributed by atoms with Gasteiger partial charge in [0.1, 0.15) is 0 Å². The number of aliphatic carboxylic acids is 1. The molecule has 0 spiro atoms. The van der Waals surface area contributed by atoms with Gasteiger partial charge in [-0.3, -0.25) is 0 Å². The minimum atomic E-state index is -0.885. The first kappa shape index (κ1) is 10.5. The van der Waals surface area contributed by atoms with Gasteiger partial charge in [0.2, 0.25) is 0 Å². The highest BCUT2D eigenvalue weighted by atomic mass is 32.2. The molecule has 3 nitrogen and oxygen atoms in total. The van der Waals surface area contributed by atoms with Gasteiger partial charge in [-0.25, -0.2) is 4.79 Å². The summed E-state index contributed by atoms with van der Waals surface area (Å²) in [5.41, 5.74) is 5.27. The molecule has 0 aromatic carbocycles. The summed E-state index contributed by atoms with van der Waals surface area (Å²) < 4.78 is 0. The minimum Gasteiger partial charge on any atom is -0.478 e. The zero-order chi connectivity index (χ0) is 8.53. The number of rotatable bonds is 6. The first-order valence-electron chi connectivity index (χ1n) is 3.44. The van der Waals surface area contributed by atoms with E-state index in [1.54, 1.807) is 17.8 Å². The lowest BCUT2D eigenvalue weighted by Gasteiger charge is -1.93. The van der Waals surface area contributed by atoms with Crippen molar-refractivity contribution >= 4 is 17.7 Å². The molecular formula is C7H13NO2S. The Labute approximate surface area is 70.7 Å². The Morgan fingerprint density at radius 1 is 1.64 bits per heavy atom. The van der Waals surface area contributed by atoms with Crippen molar-refractivity contribution < 1.29 is 9.90 Å². The molecule has 0 rings (SSSR count). The van der Waals surface area contributed by atoms with Crippen LogP contribution in [0.2, 0.25) is 0 Å². The van der Waals surface area contributed by atoms with Crippen molar-refractivity contribution in [3.63, 3.8) is 0 Å². The Bertz CT molecular complexity index is 136. The number of carboxylic acid groups (broad SMARTS) is 1. The molecule has 0 unspecified atom stereocenters. The maximum atomic E-state index is 9.97. The molecule has 0 radical (unpaired) electrons. The Hall–Kier alpha value is -0.480. The van der Waals surface area contributed by atoms with Gasteiger partial charge in [0.25, 0.3) is 0 Å². The van der Waals surface area contributed by atoms with E-state index in [2.05, 4.69) is 0 Å². The van der Waals surface area contributed by atoms with Crippen LogP contribution in [0.3, 0.4) is 0 Å². The number of hydrogen-bond donors (Lipinski definition) is 2.